The van der Waals surface area contributed by atoms with Crippen LogP contribution in [0.1, 0.15) is 38.1 Å². The number of rotatable bonds is 3. The number of nitrogens with one attached hydrogen (secondary N) is 1. The Bertz CT molecular complexity index is 397. The van der Waals surface area contributed by atoms with Gasteiger partial charge in [-0.2, -0.15) is 0 Å². The Labute approximate surface area is 102 Å². The summed E-state index contributed by atoms with van der Waals surface area (Å²) in [6.45, 7) is 8.26. The molecule has 94 valence electrons. The highest BCUT2D eigenvalue weighted by molar-refractivity contribution is 5.94. The Morgan fingerprint density at radius 2 is 2.12 bits per heavy atom. The predicted molar refractivity (Wildman–Crippen MR) is 67.2 cm³/mol. The number of carbonyl (C=O) groups is 1. The van der Waals surface area contributed by atoms with Gasteiger partial charge in [0.2, 0.25) is 5.88 Å². The Morgan fingerprint density at radius 3 is 2.65 bits per heavy atom. The third kappa shape index (κ3) is 3.73. The largest absolute Gasteiger partial charge is 0.481 e. The fraction of sp³-hybridized carbons (Fsp3) is 0.538. The van der Waals surface area contributed by atoms with Gasteiger partial charge in [0.15, 0.2) is 0 Å². The van der Waals surface area contributed by atoms with Crippen LogP contribution in [0.3, 0.4) is 0 Å². The molecule has 1 rings (SSSR count). The summed E-state index contributed by atoms with van der Waals surface area (Å²) in [5.41, 5.74) is 0.597. The molecule has 0 aliphatic heterocycles. The lowest BCUT2D eigenvalue weighted by Crippen LogP contribution is -2.41. The monoisotopic (exact) mass is 236 g/mol. The summed E-state index contributed by atoms with van der Waals surface area (Å²) in [6.07, 6.45) is 1.56. The smallest absolute Gasteiger partial charge is 0.251 e. The first kappa shape index (κ1) is 13.5. The minimum absolute atomic E-state index is 0.0345. The topological polar surface area (TPSA) is 51.2 Å². The van der Waals surface area contributed by atoms with E-state index in [0.717, 1.165) is 0 Å². The van der Waals surface area contributed by atoms with Gasteiger partial charge < -0.3 is 10.1 Å². The van der Waals surface area contributed by atoms with Gasteiger partial charge in [0.05, 0.1) is 7.11 Å². The van der Waals surface area contributed by atoms with Crippen molar-refractivity contribution in [2.75, 3.05) is 7.11 Å². The van der Waals surface area contributed by atoms with Crippen LogP contribution in [0.15, 0.2) is 18.3 Å². The van der Waals surface area contributed by atoms with E-state index in [-0.39, 0.29) is 17.4 Å². The Morgan fingerprint density at radius 1 is 1.47 bits per heavy atom. The second-order valence-electron chi connectivity index (χ2n) is 5.15. The number of pyridine rings is 1. The van der Waals surface area contributed by atoms with E-state index in [9.17, 15) is 4.79 Å². The SMILES string of the molecule is COc1cc(C(=O)N[C@@H](C)C(C)(C)C)ccn1. The quantitative estimate of drug-likeness (QED) is 0.875. The highest BCUT2D eigenvalue weighted by Gasteiger charge is 2.22. The van der Waals surface area contributed by atoms with Crippen molar-refractivity contribution < 1.29 is 9.53 Å². The maximum Gasteiger partial charge on any atom is 0.251 e. The summed E-state index contributed by atoms with van der Waals surface area (Å²) < 4.78 is 4.99. The van der Waals surface area contributed by atoms with Gasteiger partial charge in [-0.1, -0.05) is 20.8 Å². The molecule has 17 heavy (non-hydrogen) atoms. The lowest BCUT2D eigenvalue weighted by molar-refractivity contribution is 0.0909. The molecule has 4 heteroatoms. The summed E-state index contributed by atoms with van der Waals surface area (Å²) >= 11 is 0. The minimum Gasteiger partial charge on any atom is -0.481 e. The molecule has 0 spiro atoms. The van der Waals surface area contributed by atoms with Crippen molar-refractivity contribution in [1.82, 2.24) is 10.3 Å². The maximum atomic E-state index is 12.0. The number of methoxy groups -OCH3 is 1. The molecule has 1 N–H and O–H groups in total. The first-order chi connectivity index (χ1) is 7.84. The number of carbonyl (C=O) groups excluding carboxylic acids is 1. The first-order valence-corrected chi connectivity index (χ1v) is 5.65. The molecule has 0 bridgehead atoms. The van der Waals surface area contributed by atoms with Crippen LogP contribution < -0.4 is 10.1 Å². The zero-order valence-electron chi connectivity index (χ0n) is 11.1. The Balaban J connectivity index is 2.76. The van der Waals surface area contributed by atoms with Crippen LogP contribution in [0.25, 0.3) is 0 Å². The van der Waals surface area contributed by atoms with Gasteiger partial charge in [0, 0.05) is 23.9 Å². The Hall–Kier alpha value is -1.58. The summed E-state index contributed by atoms with van der Waals surface area (Å²) in [4.78, 5) is 15.9. The van der Waals surface area contributed by atoms with E-state index < -0.39 is 0 Å². The average molecular weight is 236 g/mol. The fourth-order valence-electron chi connectivity index (χ4n) is 1.16. The fourth-order valence-corrected chi connectivity index (χ4v) is 1.16. The van der Waals surface area contributed by atoms with Gasteiger partial charge >= 0.3 is 0 Å². The standard InChI is InChI=1S/C13H20N2O2/c1-9(13(2,3)4)15-12(16)10-6-7-14-11(8-10)17-5/h6-9H,1-5H3,(H,15,16)/t9-/m0/s1. The van der Waals surface area contributed by atoms with Gasteiger partial charge in [-0.25, -0.2) is 4.98 Å². The molecule has 0 saturated heterocycles. The summed E-state index contributed by atoms with van der Waals surface area (Å²) in [5.74, 6) is 0.342. The molecule has 1 heterocycles. The highest BCUT2D eigenvalue weighted by atomic mass is 16.5. The zero-order chi connectivity index (χ0) is 13.1. The molecule has 1 aromatic rings. The third-order valence-electron chi connectivity index (χ3n) is 2.85. The second-order valence-corrected chi connectivity index (χ2v) is 5.15. The molecule has 0 aromatic carbocycles. The number of ether oxygens (including phenoxy) is 1. The van der Waals surface area contributed by atoms with Crippen LogP contribution in [-0.4, -0.2) is 24.0 Å². The van der Waals surface area contributed by atoms with Crippen molar-refractivity contribution in [2.24, 2.45) is 5.41 Å². The predicted octanol–water partition coefficient (Wildman–Crippen LogP) is 2.25. The molecule has 0 aliphatic rings. The first-order valence-electron chi connectivity index (χ1n) is 5.65. The van der Waals surface area contributed by atoms with Crippen LogP contribution in [0.5, 0.6) is 5.88 Å². The number of hydrogen-bond acceptors (Lipinski definition) is 3. The second kappa shape index (κ2) is 5.17. The number of nitrogens with zero attached hydrogens (tertiary/aromatic N) is 1. The van der Waals surface area contributed by atoms with Gasteiger partial charge in [-0.05, 0) is 18.4 Å². The molecule has 0 saturated carbocycles. The summed E-state index contributed by atoms with van der Waals surface area (Å²) in [6, 6.07) is 3.40. The lowest BCUT2D eigenvalue weighted by Gasteiger charge is -2.28. The van der Waals surface area contributed by atoms with E-state index in [1.165, 1.54) is 7.11 Å². The van der Waals surface area contributed by atoms with Crippen molar-refractivity contribution >= 4 is 5.91 Å². The lowest BCUT2D eigenvalue weighted by atomic mass is 9.88. The zero-order valence-corrected chi connectivity index (χ0v) is 11.1. The number of hydrogen-bond donors (Lipinski definition) is 1. The molecule has 1 atom stereocenters. The summed E-state index contributed by atoms with van der Waals surface area (Å²) in [7, 11) is 1.53. The van der Waals surface area contributed by atoms with Crippen molar-refractivity contribution in [2.45, 2.75) is 33.7 Å². The van der Waals surface area contributed by atoms with E-state index in [4.69, 9.17) is 4.74 Å². The van der Waals surface area contributed by atoms with Gasteiger partial charge in [-0.15, -0.1) is 0 Å². The molecule has 1 aromatic heterocycles. The number of amides is 1. The minimum atomic E-state index is -0.104. The molecular weight excluding hydrogens is 216 g/mol. The van der Waals surface area contributed by atoms with Gasteiger partial charge in [0.25, 0.3) is 5.91 Å². The van der Waals surface area contributed by atoms with E-state index in [1.54, 1.807) is 18.3 Å². The maximum absolute atomic E-state index is 12.0. The molecule has 0 fully saturated rings. The highest BCUT2D eigenvalue weighted by Crippen LogP contribution is 2.19. The van der Waals surface area contributed by atoms with Crippen molar-refractivity contribution in [1.29, 1.82) is 0 Å². The average Bonchev–Trinajstić information content (AvgIpc) is 2.27. The molecule has 0 radical (unpaired) electrons. The van der Waals surface area contributed by atoms with Crippen molar-refractivity contribution in [3.63, 3.8) is 0 Å². The molecule has 0 unspecified atom stereocenters. The van der Waals surface area contributed by atoms with E-state index in [2.05, 4.69) is 31.1 Å². The van der Waals surface area contributed by atoms with Crippen LogP contribution >= 0.6 is 0 Å². The summed E-state index contributed by atoms with van der Waals surface area (Å²) in [5, 5.41) is 2.97. The molecule has 4 nitrogen and oxygen atoms in total. The van der Waals surface area contributed by atoms with Crippen LogP contribution in [0, 0.1) is 5.41 Å². The molecule has 0 aliphatic carbocycles. The normalized spacial score (nSPS) is 13.0. The molecule has 1 amide bonds. The van der Waals surface area contributed by atoms with Crippen LogP contribution in [0.2, 0.25) is 0 Å². The third-order valence-corrected chi connectivity index (χ3v) is 2.85. The van der Waals surface area contributed by atoms with E-state index in [1.807, 2.05) is 6.92 Å². The van der Waals surface area contributed by atoms with Crippen molar-refractivity contribution in [3.8, 4) is 5.88 Å². The van der Waals surface area contributed by atoms with E-state index in [0.29, 0.717) is 11.4 Å². The van der Waals surface area contributed by atoms with Crippen LogP contribution in [0.4, 0.5) is 0 Å². The van der Waals surface area contributed by atoms with E-state index >= 15 is 0 Å². The van der Waals surface area contributed by atoms with Gasteiger partial charge in [-0.3, -0.25) is 4.79 Å². The number of aromatic nitrogens is 1. The molecular formula is C13H20N2O2. The van der Waals surface area contributed by atoms with Gasteiger partial charge in [0.1, 0.15) is 0 Å². The Kier molecular flexibility index (Phi) is 4.10. The van der Waals surface area contributed by atoms with Crippen molar-refractivity contribution in [3.05, 3.63) is 23.9 Å². The van der Waals surface area contributed by atoms with Crippen LogP contribution in [-0.2, 0) is 0 Å².